The van der Waals surface area contributed by atoms with Gasteiger partial charge in [-0.1, -0.05) is 176 Å². The van der Waals surface area contributed by atoms with Crippen molar-refractivity contribution < 1.29 is 0 Å². The van der Waals surface area contributed by atoms with Gasteiger partial charge in [0.1, 0.15) is 0 Å². The lowest BCUT2D eigenvalue weighted by Gasteiger charge is -2.39. The number of para-hydroxylation sites is 2. The number of allylic oxidation sites excluding steroid dienone is 10. The first-order valence-electron chi connectivity index (χ1n) is 20.5. The zero-order valence-corrected chi connectivity index (χ0v) is 32.6. The molecule has 0 bridgehead atoms. The first kappa shape index (κ1) is 34.2. The minimum absolute atomic E-state index is 0.425. The zero-order valence-electron chi connectivity index (χ0n) is 32.6. The van der Waals surface area contributed by atoms with E-state index in [9.17, 15) is 0 Å². The Labute approximate surface area is 340 Å². The van der Waals surface area contributed by atoms with Crippen LogP contribution in [0.2, 0.25) is 0 Å². The van der Waals surface area contributed by atoms with Crippen LogP contribution >= 0.6 is 0 Å². The van der Waals surface area contributed by atoms with Crippen molar-refractivity contribution in [1.29, 1.82) is 0 Å². The van der Waals surface area contributed by atoms with Gasteiger partial charge in [0.05, 0.1) is 33.5 Å². The van der Waals surface area contributed by atoms with Gasteiger partial charge in [-0.3, -0.25) is 0 Å². The summed E-state index contributed by atoms with van der Waals surface area (Å²) in [6.45, 7) is 2.13. The van der Waals surface area contributed by atoms with Gasteiger partial charge in [0.15, 0.2) is 0 Å². The molecule has 0 N–H and O–H groups in total. The molecule has 0 radical (unpaired) electrons. The maximum Gasteiger partial charge on any atom is 0.0754 e. The van der Waals surface area contributed by atoms with Gasteiger partial charge in [0.2, 0.25) is 0 Å². The minimum atomic E-state index is -0.425. The molecule has 8 aromatic rings. The third-order valence-corrected chi connectivity index (χ3v) is 12.5. The van der Waals surface area contributed by atoms with Gasteiger partial charge in [0, 0.05) is 16.3 Å². The topological polar surface area (TPSA) is 17.8 Å². The van der Waals surface area contributed by atoms with Gasteiger partial charge in [-0.25, -0.2) is 4.98 Å². The highest BCUT2D eigenvalue weighted by Crippen LogP contribution is 2.61. The Kier molecular flexibility index (Phi) is 8.18. The molecule has 2 heteroatoms. The molecule has 11 rings (SSSR count). The van der Waals surface area contributed by atoms with E-state index in [-0.39, 0.29) is 0 Å². The Balaban J connectivity index is 1.04. The second-order valence-corrected chi connectivity index (χ2v) is 15.6. The number of hydrogen-bond acceptors (Lipinski definition) is 1. The van der Waals surface area contributed by atoms with E-state index in [2.05, 4.69) is 212 Å². The molecule has 276 valence electrons. The van der Waals surface area contributed by atoms with Crippen LogP contribution in [-0.4, -0.2) is 9.55 Å². The van der Waals surface area contributed by atoms with Crippen LogP contribution in [0, 0.1) is 0 Å². The van der Waals surface area contributed by atoms with Crippen molar-refractivity contribution in [2.45, 2.75) is 31.6 Å². The molecule has 0 fully saturated rings. The first-order chi connectivity index (χ1) is 28.7. The third-order valence-electron chi connectivity index (χ3n) is 12.5. The van der Waals surface area contributed by atoms with Crippen LogP contribution in [0.25, 0.3) is 61.0 Å². The van der Waals surface area contributed by atoms with Crippen LogP contribution in [0.3, 0.4) is 0 Å². The highest BCUT2D eigenvalue weighted by Gasteiger charge is 2.50. The number of rotatable bonds is 6. The van der Waals surface area contributed by atoms with Crippen LogP contribution < -0.4 is 0 Å². The van der Waals surface area contributed by atoms with Crippen LogP contribution in [0.15, 0.2) is 200 Å². The lowest BCUT2D eigenvalue weighted by Crippen LogP contribution is -2.33. The maximum absolute atomic E-state index is 5.19. The van der Waals surface area contributed by atoms with E-state index in [0.717, 1.165) is 47.4 Å². The maximum atomic E-state index is 5.19. The van der Waals surface area contributed by atoms with E-state index in [0.29, 0.717) is 0 Å². The molecule has 2 nitrogen and oxygen atoms in total. The smallest absolute Gasteiger partial charge is 0.0754 e. The molecule has 3 aliphatic rings. The molecular formula is C56H42N2. The largest absolute Gasteiger partial charge is 0.309 e. The second-order valence-electron chi connectivity index (χ2n) is 15.6. The average molecular weight is 743 g/mol. The fourth-order valence-electron chi connectivity index (χ4n) is 9.92. The predicted molar refractivity (Wildman–Crippen MR) is 243 cm³/mol. The molecule has 1 aliphatic heterocycles. The molecule has 2 aromatic heterocycles. The molecule has 1 spiro atoms. The van der Waals surface area contributed by atoms with Crippen molar-refractivity contribution in [3.05, 3.63) is 239 Å². The van der Waals surface area contributed by atoms with Crippen LogP contribution in [0.1, 0.15) is 58.8 Å². The molecular weight excluding hydrogens is 701 g/mol. The predicted octanol–water partition coefficient (Wildman–Crippen LogP) is 14.0. The van der Waals surface area contributed by atoms with E-state index in [4.69, 9.17) is 4.98 Å². The van der Waals surface area contributed by atoms with E-state index >= 15 is 0 Å². The summed E-state index contributed by atoms with van der Waals surface area (Å²) in [4.78, 5) is 5.19. The number of benzene rings is 6. The minimum Gasteiger partial charge on any atom is -0.309 e. The summed E-state index contributed by atoms with van der Waals surface area (Å²) in [5, 5.41) is 2.59. The van der Waals surface area contributed by atoms with E-state index in [1.165, 1.54) is 72.0 Å². The standard InChI is InChI=1S/C56H42N2/c1-2-39(42-36-51(40-20-7-4-3-5-8-21-40)57-52(37-42)41-22-9-6-10-23-41)24-17-19-38-33-34-49-54(35-38)58-53-32-16-13-27-45(53)46-28-18-31-50(55(46)58)56(49)47-29-14-11-25-43(47)44-26-12-15-30-48(44)56/h2,4,6-18,20-37H,3,5,19H2,1H3/b7-4-,21-8?,24-17-,39-2+,40-20?. The first-order valence-corrected chi connectivity index (χ1v) is 20.5. The molecule has 0 saturated carbocycles. The normalized spacial score (nSPS) is 15.6. The molecule has 6 aromatic carbocycles. The van der Waals surface area contributed by atoms with Gasteiger partial charge in [-0.15, -0.1) is 0 Å². The summed E-state index contributed by atoms with van der Waals surface area (Å²) in [6.07, 6.45) is 20.8. The van der Waals surface area contributed by atoms with Crippen molar-refractivity contribution in [3.63, 3.8) is 0 Å². The van der Waals surface area contributed by atoms with Crippen LogP contribution in [0.5, 0.6) is 0 Å². The van der Waals surface area contributed by atoms with Crippen molar-refractivity contribution in [3.8, 4) is 28.1 Å². The fraction of sp³-hybridized carbons (Fsp3) is 0.0893. The molecule has 3 heterocycles. The molecule has 0 unspecified atom stereocenters. The zero-order chi connectivity index (χ0) is 38.6. The monoisotopic (exact) mass is 742 g/mol. The van der Waals surface area contributed by atoms with E-state index in [1.807, 2.05) is 0 Å². The Hall–Kier alpha value is -7.03. The van der Waals surface area contributed by atoms with Gasteiger partial charge < -0.3 is 4.57 Å². The number of fused-ring (bicyclic) bond motifs is 12. The molecule has 58 heavy (non-hydrogen) atoms. The summed E-state index contributed by atoms with van der Waals surface area (Å²) in [7, 11) is 0. The quantitative estimate of drug-likeness (QED) is 0.155. The summed E-state index contributed by atoms with van der Waals surface area (Å²) < 4.78 is 2.55. The second kappa shape index (κ2) is 13.9. The van der Waals surface area contributed by atoms with Crippen molar-refractivity contribution in [1.82, 2.24) is 9.55 Å². The van der Waals surface area contributed by atoms with E-state index in [1.54, 1.807) is 0 Å². The number of nitrogens with zero attached hydrogens (tertiary/aromatic N) is 2. The Bertz CT molecular complexity index is 3050. The van der Waals surface area contributed by atoms with Crippen LogP contribution in [0.4, 0.5) is 0 Å². The molecule has 2 aliphatic carbocycles. The highest BCUT2D eigenvalue weighted by molar-refractivity contribution is 6.12. The highest BCUT2D eigenvalue weighted by atomic mass is 15.0. The summed E-state index contributed by atoms with van der Waals surface area (Å²) in [5.41, 5.74) is 19.3. The number of pyridine rings is 1. The molecule has 0 atom stereocenters. The third kappa shape index (κ3) is 5.22. The fourth-order valence-corrected chi connectivity index (χ4v) is 9.92. The SMILES string of the molecule is C/C=C(\C=C/Cc1ccc2c(c1)-n1c3ccccc3c3cccc(c31)C21c2ccccc2-c2ccccc21)c1cc(C2=C/C=C\CCC=C2)nc(-c2ccccc2)c1. The summed E-state index contributed by atoms with van der Waals surface area (Å²) in [6, 6.07) is 56.2. The molecule has 0 amide bonds. The Morgan fingerprint density at radius 3 is 2.19 bits per heavy atom. The van der Waals surface area contributed by atoms with Gasteiger partial charge in [-0.2, -0.15) is 0 Å². The van der Waals surface area contributed by atoms with Crippen molar-refractivity contribution in [2.24, 2.45) is 0 Å². The van der Waals surface area contributed by atoms with Crippen molar-refractivity contribution in [2.75, 3.05) is 0 Å². The average Bonchev–Trinajstić information content (AvgIpc) is 3.76. The summed E-state index contributed by atoms with van der Waals surface area (Å²) in [5.74, 6) is 0. The Morgan fingerprint density at radius 2 is 1.36 bits per heavy atom. The van der Waals surface area contributed by atoms with Gasteiger partial charge in [-0.05, 0) is 106 Å². The number of aromatic nitrogens is 2. The van der Waals surface area contributed by atoms with E-state index < -0.39 is 5.41 Å². The lowest BCUT2D eigenvalue weighted by atomic mass is 9.65. The lowest BCUT2D eigenvalue weighted by molar-refractivity contribution is 0.747. The number of hydrogen-bond donors (Lipinski definition) is 0. The van der Waals surface area contributed by atoms with Crippen LogP contribution in [-0.2, 0) is 11.8 Å². The van der Waals surface area contributed by atoms with Gasteiger partial charge >= 0.3 is 0 Å². The summed E-state index contributed by atoms with van der Waals surface area (Å²) >= 11 is 0. The Morgan fingerprint density at radius 1 is 0.655 bits per heavy atom. The molecule has 0 saturated heterocycles. The van der Waals surface area contributed by atoms with Gasteiger partial charge in [0.25, 0.3) is 0 Å². The van der Waals surface area contributed by atoms with Crippen molar-refractivity contribution >= 4 is 33.0 Å².